The molecule has 0 N–H and O–H groups in total. The molecule has 0 bridgehead atoms. The van der Waals surface area contributed by atoms with Crippen molar-refractivity contribution >= 4 is 21.4 Å². The van der Waals surface area contributed by atoms with E-state index in [1.54, 1.807) is 21.8 Å². The van der Waals surface area contributed by atoms with Crippen LogP contribution >= 0.6 is 11.3 Å². The first kappa shape index (κ1) is 16.1. The number of piperazine rings is 1. The van der Waals surface area contributed by atoms with Gasteiger partial charge in [0.05, 0.1) is 11.6 Å². The maximum atomic E-state index is 12.5. The second-order valence-corrected chi connectivity index (χ2v) is 8.49. The molecule has 1 saturated heterocycles. The zero-order chi connectivity index (χ0) is 16.3. The Morgan fingerprint density at radius 2 is 1.83 bits per heavy atom. The normalized spacial score (nSPS) is 17.0. The average molecular weight is 347 g/mol. The van der Waals surface area contributed by atoms with Crippen LogP contribution < -0.4 is 0 Å². The number of thiophene rings is 1. The smallest absolute Gasteiger partial charge is 0.252 e. The van der Waals surface area contributed by atoms with E-state index >= 15 is 0 Å². The second-order valence-electron chi connectivity index (χ2n) is 5.38. The minimum absolute atomic E-state index is 0.403. The number of hydrogen-bond acceptors (Lipinski definition) is 5. The lowest BCUT2D eigenvalue weighted by molar-refractivity contribution is 0.181. The molecule has 0 atom stereocenters. The van der Waals surface area contributed by atoms with Crippen molar-refractivity contribution in [3.05, 3.63) is 52.9 Å². The highest BCUT2D eigenvalue weighted by atomic mass is 32.2. The van der Waals surface area contributed by atoms with Crippen LogP contribution in [0.4, 0.5) is 0 Å². The van der Waals surface area contributed by atoms with E-state index in [0.717, 1.165) is 5.56 Å². The van der Waals surface area contributed by atoms with Gasteiger partial charge in [0, 0.05) is 32.7 Å². The molecular weight excluding hydrogens is 330 g/mol. The topological polar surface area (TPSA) is 64.4 Å². The van der Waals surface area contributed by atoms with E-state index in [0.29, 0.717) is 42.5 Å². The third-order valence-corrected chi connectivity index (χ3v) is 7.22. The SMILES string of the molecule is N#Cc1ccccc1CN1CCN(S(=O)(=O)c2cccs2)CC1. The van der Waals surface area contributed by atoms with Gasteiger partial charge in [-0.2, -0.15) is 9.57 Å². The highest BCUT2D eigenvalue weighted by molar-refractivity contribution is 7.91. The molecule has 1 fully saturated rings. The lowest BCUT2D eigenvalue weighted by Crippen LogP contribution is -2.48. The minimum Gasteiger partial charge on any atom is -0.296 e. The Morgan fingerprint density at radius 1 is 1.09 bits per heavy atom. The van der Waals surface area contributed by atoms with Gasteiger partial charge >= 0.3 is 0 Å². The Labute approximate surface area is 140 Å². The van der Waals surface area contributed by atoms with Crippen molar-refractivity contribution in [2.75, 3.05) is 26.2 Å². The van der Waals surface area contributed by atoms with Crippen LogP contribution in [0.1, 0.15) is 11.1 Å². The van der Waals surface area contributed by atoms with Crippen LogP contribution in [0, 0.1) is 11.3 Å². The number of nitrogens with zero attached hydrogens (tertiary/aromatic N) is 3. The molecule has 1 aliphatic heterocycles. The fourth-order valence-corrected chi connectivity index (χ4v) is 5.24. The van der Waals surface area contributed by atoms with Crippen LogP contribution in [0.3, 0.4) is 0 Å². The molecular formula is C16H17N3O2S2. The van der Waals surface area contributed by atoms with Crippen LogP contribution in [0.2, 0.25) is 0 Å². The first-order chi connectivity index (χ1) is 11.1. The summed E-state index contributed by atoms with van der Waals surface area (Å²) in [6, 6.07) is 13.2. The van der Waals surface area contributed by atoms with Crippen LogP contribution in [-0.4, -0.2) is 43.8 Å². The van der Waals surface area contributed by atoms with Crippen LogP contribution in [0.25, 0.3) is 0 Å². The molecule has 3 rings (SSSR count). The Bertz CT molecular complexity index is 802. The van der Waals surface area contributed by atoms with Crippen molar-refractivity contribution in [2.24, 2.45) is 0 Å². The molecule has 0 saturated carbocycles. The van der Waals surface area contributed by atoms with Crippen LogP contribution in [0.5, 0.6) is 0 Å². The summed E-state index contributed by atoms with van der Waals surface area (Å²) in [5.74, 6) is 0. The predicted octanol–water partition coefficient (Wildman–Crippen LogP) is 2.13. The highest BCUT2D eigenvalue weighted by Gasteiger charge is 2.29. The lowest BCUT2D eigenvalue weighted by atomic mass is 10.1. The summed E-state index contributed by atoms with van der Waals surface area (Å²) >= 11 is 1.25. The Kier molecular flexibility index (Phi) is 4.78. The zero-order valence-corrected chi connectivity index (χ0v) is 14.2. The standard InChI is InChI=1S/C16H17N3O2S2/c17-12-14-4-1-2-5-15(14)13-18-7-9-19(10-8-18)23(20,21)16-6-3-11-22-16/h1-6,11H,7-10,13H2. The number of sulfonamides is 1. The second kappa shape index (κ2) is 6.81. The molecule has 2 aromatic rings. The molecule has 0 unspecified atom stereocenters. The van der Waals surface area contributed by atoms with Gasteiger partial charge in [0.15, 0.2) is 0 Å². The van der Waals surface area contributed by atoms with E-state index in [2.05, 4.69) is 11.0 Å². The van der Waals surface area contributed by atoms with Crippen molar-refractivity contribution in [1.82, 2.24) is 9.21 Å². The summed E-state index contributed by atoms with van der Waals surface area (Å²) in [6.45, 7) is 2.98. The van der Waals surface area contributed by atoms with Crippen molar-refractivity contribution in [2.45, 2.75) is 10.8 Å². The quantitative estimate of drug-likeness (QED) is 0.850. The molecule has 23 heavy (non-hydrogen) atoms. The monoisotopic (exact) mass is 347 g/mol. The van der Waals surface area contributed by atoms with Gasteiger partial charge in [-0.1, -0.05) is 24.3 Å². The van der Waals surface area contributed by atoms with E-state index in [1.165, 1.54) is 11.3 Å². The molecule has 1 aromatic carbocycles. The molecule has 0 amide bonds. The maximum absolute atomic E-state index is 12.5. The molecule has 0 radical (unpaired) electrons. The van der Waals surface area contributed by atoms with Crippen molar-refractivity contribution in [1.29, 1.82) is 5.26 Å². The molecule has 0 aliphatic carbocycles. The van der Waals surface area contributed by atoms with Gasteiger partial charge < -0.3 is 0 Å². The molecule has 5 nitrogen and oxygen atoms in total. The van der Waals surface area contributed by atoms with Crippen molar-refractivity contribution < 1.29 is 8.42 Å². The van der Waals surface area contributed by atoms with Gasteiger partial charge in [0.25, 0.3) is 10.0 Å². The minimum atomic E-state index is -3.35. The lowest BCUT2D eigenvalue weighted by Gasteiger charge is -2.33. The third-order valence-electron chi connectivity index (χ3n) is 3.95. The average Bonchev–Trinajstić information content (AvgIpc) is 3.11. The fraction of sp³-hybridized carbons (Fsp3) is 0.312. The van der Waals surface area contributed by atoms with Crippen molar-refractivity contribution in [3.8, 4) is 6.07 Å². The third kappa shape index (κ3) is 3.46. The molecule has 1 aliphatic rings. The number of rotatable bonds is 4. The van der Waals surface area contributed by atoms with Gasteiger partial charge in [0.1, 0.15) is 4.21 Å². The first-order valence-corrected chi connectivity index (χ1v) is 9.67. The van der Waals surface area contributed by atoms with E-state index in [1.807, 2.05) is 24.3 Å². The molecule has 7 heteroatoms. The Hall–Kier alpha value is -1.72. The van der Waals surface area contributed by atoms with E-state index in [-0.39, 0.29) is 0 Å². The summed E-state index contributed by atoms with van der Waals surface area (Å²) in [6.07, 6.45) is 0. The first-order valence-electron chi connectivity index (χ1n) is 7.35. The highest BCUT2D eigenvalue weighted by Crippen LogP contribution is 2.22. The molecule has 1 aromatic heterocycles. The summed E-state index contributed by atoms with van der Waals surface area (Å²) in [5.41, 5.74) is 1.67. The molecule has 0 spiro atoms. The van der Waals surface area contributed by atoms with Crippen LogP contribution in [0.15, 0.2) is 46.0 Å². The summed E-state index contributed by atoms with van der Waals surface area (Å²) < 4.78 is 26.9. The molecule has 120 valence electrons. The summed E-state index contributed by atoms with van der Waals surface area (Å²) in [5, 5.41) is 10.9. The fourth-order valence-electron chi connectivity index (χ4n) is 2.67. The van der Waals surface area contributed by atoms with Crippen LogP contribution in [-0.2, 0) is 16.6 Å². The predicted molar refractivity (Wildman–Crippen MR) is 89.5 cm³/mol. The van der Waals surface area contributed by atoms with Gasteiger partial charge in [0.2, 0.25) is 0 Å². The Morgan fingerprint density at radius 3 is 2.48 bits per heavy atom. The number of benzene rings is 1. The van der Waals surface area contributed by atoms with Gasteiger partial charge in [-0.15, -0.1) is 11.3 Å². The molecule has 2 heterocycles. The largest absolute Gasteiger partial charge is 0.296 e. The van der Waals surface area contributed by atoms with Crippen molar-refractivity contribution in [3.63, 3.8) is 0 Å². The summed E-state index contributed by atoms with van der Waals surface area (Å²) in [7, 11) is -3.35. The van der Waals surface area contributed by atoms with E-state index < -0.39 is 10.0 Å². The van der Waals surface area contributed by atoms with Gasteiger partial charge in [-0.05, 0) is 23.1 Å². The zero-order valence-electron chi connectivity index (χ0n) is 12.6. The number of hydrogen-bond donors (Lipinski definition) is 0. The van der Waals surface area contributed by atoms with Gasteiger partial charge in [-0.3, -0.25) is 4.90 Å². The van der Waals surface area contributed by atoms with E-state index in [4.69, 9.17) is 5.26 Å². The Balaban J connectivity index is 1.64. The number of nitriles is 1. The maximum Gasteiger partial charge on any atom is 0.252 e. The van der Waals surface area contributed by atoms with Gasteiger partial charge in [-0.25, -0.2) is 8.42 Å². The summed E-state index contributed by atoms with van der Waals surface area (Å²) in [4.78, 5) is 2.19. The van der Waals surface area contributed by atoms with E-state index in [9.17, 15) is 8.42 Å².